The summed E-state index contributed by atoms with van der Waals surface area (Å²) in [5.41, 5.74) is 7.22. The van der Waals surface area contributed by atoms with E-state index in [2.05, 4.69) is 15.1 Å². The zero-order chi connectivity index (χ0) is 13.8. The minimum Gasteiger partial charge on any atom is -0.409 e. The number of aryl methyl sites for hydroxylation is 1. The van der Waals surface area contributed by atoms with Crippen molar-refractivity contribution in [1.82, 2.24) is 9.97 Å². The van der Waals surface area contributed by atoms with E-state index in [1.807, 2.05) is 24.3 Å². The Morgan fingerprint density at radius 3 is 3.00 bits per heavy atom. The van der Waals surface area contributed by atoms with Gasteiger partial charge in [-0.2, -0.15) is 0 Å². The van der Waals surface area contributed by atoms with Gasteiger partial charge in [0.1, 0.15) is 5.82 Å². The first-order valence-electron chi connectivity index (χ1n) is 5.67. The number of nitrogens with zero attached hydrogens (tertiary/aromatic N) is 4. The Balaban J connectivity index is 2.26. The standard InChI is InChI=1S/C12H15N5OS/c1-8-15-9(7-19-8)6-17(2)12-10(11(13)16-18)4-3-5-14-12/h3-5,7,18H,6H2,1-2H3,(H2,13,16). The largest absolute Gasteiger partial charge is 0.409 e. The molecule has 2 aromatic heterocycles. The molecule has 0 aliphatic rings. The zero-order valence-corrected chi connectivity index (χ0v) is 11.6. The van der Waals surface area contributed by atoms with Gasteiger partial charge >= 0.3 is 0 Å². The summed E-state index contributed by atoms with van der Waals surface area (Å²) >= 11 is 1.61. The van der Waals surface area contributed by atoms with E-state index in [1.54, 1.807) is 29.7 Å². The molecule has 0 saturated heterocycles. The van der Waals surface area contributed by atoms with E-state index in [9.17, 15) is 0 Å². The van der Waals surface area contributed by atoms with Crippen molar-refractivity contribution in [2.45, 2.75) is 13.5 Å². The third-order valence-corrected chi connectivity index (χ3v) is 3.42. The minimum atomic E-state index is 0.0457. The Morgan fingerprint density at radius 2 is 2.37 bits per heavy atom. The molecule has 0 aliphatic heterocycles. The molecule has 2 aromatic rings. The zero-order valence-electron chi connectivity index (χ0n) is 10.7. The fourth-order valence-corrected chi connectivity index (χ4v) is 2.36. The molecule has 2 rings (SSSR count). The van der Waals surface area contributed by atoms with Gasteiger partial charge in [-0.25, -0.2) is 9.97 Å². The molecule has 0 fully saturated rings. The van der Waals surface area contributed by atoms with Gasteiger partial charge in [-0.3, -0.25) is 0 Å². The molecule has 0 atom stereocenters. The van der Waals surface area contributed by atoms with Crippen molar-refractivity contribution >= 4 is 23.0 Å². The Hall–Kier alpha value is -2.15. The average molecular weight is 277 g/mol. The van der Waals surface area contributed by atoms with Crippen molar-refractivity contribution in [3.63, 3.8) is 0 Å². The number of nitrogens with two attached hydrogens (primary N) is 1. The number of pyridine rings is 1. The van der Waals surface area contributed by atoms with Gasteiger partial charge in [0.15, 0.2) is 5.84 Å². The van der Waals surface area contributed by atoms with E-state index in [1.165, 1.54) is 0 Å². The fourth-order valence-electron chi connectivity index (χ4n) is 1.75. The summed E-state index contributed by atoms with van der Waals surface area (Å²) in [6.07, 6.45) is 1.67. The maximum atomic E-state index is 8.79. The number of aromatic nitrogens is 2. The summed E-state index contributed by atoms with van der Waals surface area (Å²) in [5.74, 6) is 0.702. The van der Waals surface area contributed by atoms with E-state index in [-0.39, 0.29) is 5.84 Å². The van der Waals surface area contributed by atoms with Crippen LogP contribution in [0.1, 0.15) is 16.3 Å². The highest BCUT2D eigenvalue weighted by atomic mass is 32.1. The van der Waals surface area contributed by atoms with Crippen molar-refractivity contribution in [3.05, 3.63) is 40.0 Å². The van der Waals surface area contributed by atoms with Crippen LogP contribution in [0.2, 0.25) is 0 Å². The summed E-state index contributed by atoms with van der Waals surface area (Å²) in [5, 5.41) is 14.9. The van der Waals surface area contributed by atoms with Crippen molar-refractivity contribution < 1.29 is 5.21 Å². The van der Waals surface area contributed by atoms with E-state index >= 15 is 0 Å². The van der Waals surface area contributed by atoms with Crippen LogP contribution in [0.5, 0.6) is 0 Å². The fraction of sp³-hybridized carbons (Fsp3) is 0.250. The van der Waals surface area contributed by atoms with Gasteiger partial charge < -0.3 is 15.8 Å². The summed E-state index contributed by atoms with van der Waals surface area (Å²) in [4.78, 5) is 10.6. The highest BCUT2D eigenvalue weighted by Gasteiger charge is 2.13. The van der Waals surface area contributed by atoms with E-state index in [4.69, 9.17) is 10.9 Å². The molecule has 0 bridgehead atoms. The topological polar surface area (TPSA) is 87.6 Å². The second kappa shape index (κ2) is 5.66. The van der Waals surface area contributed by atoms with Crippen molar-refractivity contribution in [2.24, 2.45) is 10.9 Å². The van der Waals surface area contributed by atoms with Crippen LogP contribution in [-0.2, 0) is 6.54 Å². The molecule has 0 aromatic carbocycles. The highest BCUT2D eigenvalue weighted by molar-refractivity contribution is 7.09. The third kappa shape index (κ3) is 3.00. The lowest BCUT2D eigenvalue weighted by molar-refractivity contribution is 0.318. The summed E-state index contributed by atoms with van der Waals surface area (Å²) in [6.45, 7) is 2.59. The molecular weight excluding hydrogens is 262 g/mol. The molecule has 2 heterocycles. The molecular formula is C12H15N5OS. The van der Waals surface area contributed by atoms with Crippen molar-refractivity contribution in [1.29, 1.82) is 0 Å². The van der Waals surface area contributed by atoms with Crippen LogP contribution in [-0.4, -0.2) is 28.1 Å². The van der Waals surface area contributed by atoms with Crippen LogP contribution >= 0.6 is 11.3 Å². The van der Waals surface area contributed by atoms with Crippen molar-refractivity contribution in [2.75, 3.05) is 11.9 Å². The molecule has 3 N–H and O–H groups in total. The van der Waals surface area contributed by atoms with E-state index in [0.717, 1.165) is 10.7 Å². The lowest BCUT2D eigenvalue weighted by Gasteiger charge is -2.19. The number of amidine groups is 1. The second-order valence-electron chi connectivity index (χ2n) is 4.07. The lowest BCUT2D eigenvalue weighted by Crippen LogP contribution is -2.23. The molecule has 6 nitrogen and oxygen atoms in total. The lowest BCUT2D eigenvalue weighted by atomic mass is 10.2. The number of hydrogen-bond donors (Lipinski definition) is 2. The van der Waals surface area contributed by atoms with Gasteiger partial charge in [-0.1, -0.05) is 5.16 Å². The van der Waals surface area contributed by atoms with Crippen LogP contribution in [0.25, 0.3) is 0 Å². The number of hydrogen-bond acceptors (Lipinski definition) is 6. The van der Waals surface area contributed by atoms with Gasteiger partial charge in [0, 0.05) is 18.6 Å². The van der Waals surface area contributed by atoms with Crippen LogP contribution < -0.4 is 10.6 Å². The maximum absolute atomic E-state index is 8.79. The molecule has 0 radical (unpaired) electrons. The molecule has 0 amide bonds. The number of anilines is 1. The molecule has 19 heavy (non-hydrogen) atoms. The summed E-state index contributed by atoms with van der Waals surface area (Å²) < 4.78 is 0. The highest BCUT2D eigenvalue weighted by Crippen LogP contribution is 2.18. The predicted molar refractivity (Wildman–Crippen MR) is 75.7 cm³/mol. The van der Waals surface area contributed by atoms with Crippen LogP contribution in [0.3, 0.4) is 0 Å². The molecule has 0 spiro atoms. The van der Waals surface area contributed by atoms with Crippen LogP contribution in [0, 0.1) is 6.92 Å². The Kier molecular flexibility index (Phi) is 3.96. The maximum Gasteiger partial charge on any atom is 0.173 e. The molecule has 100 valence electrons. The Bertz CT molecular complexity index is 595. The smallest absolute Gasteiger partial charge is 0.173 e. The van der Waals surface area contributed by atoms with E-state index < -0.39 is 0 Å². The quantitative estimate of drug-likeness (QED) is 0.383. The Morgan fingerprint density at radius 1 is 1.58 bits per heavy atom. The molecule has 7 heteroatoms. The molecule has 0 unspecified atom stereocenters. The summed E-state index contributed by atoms with van der Waals surface area (Å²) in [7, 11) is 1.89. The van der Waals surface area contributed by atoms with E-state index in [0.29, 0.717) is 17.9 Å². The normalized spacial score (nSPS) is 11.6. The molecule has 0 saturated carbocycles. The summed E-state index contributed by atoms with van der Waals surface area (Å²) in [6, 6.07) is 3.51. The molecule has 0 aliphatic carbocycles. The van der Waals surface area contributed by atoms with Gasteiger partial charge in [0.2, 0.25) is 0 Å². The SMILES string of the molecule is Cc1nc(CN(C)c2ncccc2C(N)=NO)cs1. The van der Waals surface area contributed by atoms with Crippen molar-refractivity contribution in [3.8, 4) is 0 Å². The predicted octanol–water partition coefficient (Wildman–Crippen LogP) is 1.58. The minimum absolute atomic E-state index is 0.0457. The number of thiazole rings is 1. The number of rotatable bonds is 4. The van der Waals surface area contributed by atoms with Gasteiger partial charge in [0.25, 0.3) is 0 Å². The first-order valence-corrected chi connectivity index (χ1v) is 6.55. The van der Waals surface area contributed by atoms with Gasteiger partial charge in [0.05, 0.1) is 22.8 Å². The monoisotopic (exact) mass is 277 g/mol. The Labute approximate surface area is 115 Å². The second-order valence-corrected chi connectivity index (χ2v) is 5.14. The van der Waals surface area contributed by atoms with Gasteiger partial charge in [-0.15, -0.1) is 11.3 Å². The number of oxime groups is 1. The van der Waals surface area contributed by atoms with Crippen LogP contribution in [0.15, 0.2) is 28.9 Å². The first-order chi connectivity index (χ1) is 9.11. The third-order valence-electron chi connectivity index (χ3n) is 2.60. The van der Waals surface area contributed by atoms with Crippen LogP contribution in [0.4, 0.5) is 5.82 Å². The van der Waals surface area contributed by atoms with Gasteiger partial charge in [-0.05, 0) is 19.1 Å². The average Bonchev–Trinajstić information content (AvgIpc) is 2.83. The first kappa shape index (κ1) is 13.3.